The van der Waals surface area contributed by atoms with Gasteiger partial charge in [0, 0.05) is 5.71 Å². The molecule has 1 aliphatic rings. The van der Waals surface area contributed by atoms with Crippen LogP contribution in [0.15, 0.2) is 17.1 Å². The molecule has 1 nitrogen and oxygen atoms in total. The zero-order valence-electron chi connectivity index (χ0n) is 9.22. The summed E-state index contributed by atoms with van der Waals surface area (Å²) in [4.78, 5) is 4.68. The first-order chi connectivity index (χ1) is 6.72. The molecule has 2 rings (SSSR count). The molecule has 74 valence electrons. The van der Waals surface area contributed by atoms with Crippen molar-refractivity contribution in [3.8, 4) is 0 Å². The molecule has 0 N–H and O–H groups in total. The summed E-state index contributed by atoms with van der Waals surface area (Å²) in [6, 6.07) is 4.34. The summed E-state index contributed by atoms with van der Waals surface area (Å²) in [5, 5.41) is 0. The van der Waals surface area contributed by atoms with E-state index in [1.165, 1.54) is 34.5 Å². The summed E-state index contributed by atoms with van der Waals surface area (Å²) in [6.07, 6.45) is 3.41. The van der Waals surface area contributed by atoms with Crippen LogP contribution in [-0.4, -0.2) is 5.71 Å². The van der Waals surface area contributed by atoms with E-state index in [0.29, 0.717) is 0 Å². The van der Waals surface area contributed by atoms with E-state index in [0.717, 1.165) is 12.8 Å². The molecule has 0 saturated carbocycles. The van der Waals surface area contributed by atoms with Crippen LogP contribution in [-0.2, 0) is 6.42 Å². The van der Waals surface area contributed by atoms with E-state index in [2.05, 4.69) is 37.9 Å². The first kappa shape index (κ1) is 9.45. The highest BCUT2D eigenvalue weighted by atomic mass is 14.8. The molecule has 0 spiro atoms. The Labute approximate surface area is 85.9 Å². The van der Waals surface area contributed by atoms with Gasteiger partial charge in [-0.3, -0.25) is 4.99 Å². The molecule has 1 heteroatoms. The minimum absolute atomic E-state index is 1.09. The maximum Gasteiger partial charge on any atom is 0.0663 e. The Balaban J connectivity index is 2.51. The molecule has 0 aromatic heterocycles. The number of hydrogen-bond acceptors (Lipinski definition) is 1. The number of benzene rings is 1. The van der Waals surface area contributed by atoms with E-state index < -0.39 is 0 Å². The fourth-order valence-electron chi connectivity index (χ4n) is 2.03. The largest absolute Gasteiger partial charge is 0.258 e. The second-order valence-corrected chi connectivity index (χ2v) is 4.04. The highest BCUT2D eigenvalue weighted by Crippen LogP contribution is 2.30. The van der Waals surface area contributed by atoms with Crippen molar-refractivity contribution in [1.29, 1.82) is 0 Å². The molecule has 1 aliphatic heterocycles. The van der Waals surface area contributed by atoms with E-state index in [1.54, 1.807) is 0 Å². The topological polar surface area (TPSA) is 12.4 Å². The van der Waals surface area contributed by atoms with Gasteiger partial charge in [-0.15, -0.1) is 0 Å². The van der Waals surface area contributed by atoms with Gasteiger partial charge in [0.25, 0.3) is 0 Å². The van der Waals surface area contributed by atoms with Crippen LogP contribution in [0.4, 0.5) is 5.69 Å². The first-order valence-corrected chi connectivity index (χ1v) is 5.38. The van der Waals surface area contributed by atoms with Crippen molar-refractivity contribution < 1.29 is 0 Å². The van der Waals surface area contributed by atoms with E-state index in [4.69, 9.17) is 0 Å². The molecule has 0 atom stereocenters. The van der Waals surface area contributed by atoms with Crippen molar-refractivity contribution in [3.05, 3.63) is 28.8 Å². The van der Waals surface area contributed by atoms with Gasteiger partial charge in [-0.25, -0.2) is 0 Å². The highest BCUT2D eigenvalue weighted by Gasteiger charge is 2.13. The van der Waals surface area contributed by atoms with Crippen molar-refractivity contribution in [2.24, 2.45) is 4.99 Å². The lowest BCUT2D eigenvalue weighted by Crippen LogP contribution is -2.06. The SMILES string of the molecule is CCC1=Nc2ccc(C)c(C)c2CC1. The van der Waals surface area contributed by atoms with Gasteiger partial charge in [0.15, 0.2) is 0 Å². The number of aliphatic imine (C=N–C) groups is 1. The number of fused-ring (bicyclic) bond motifs is 1. The summed E-state index contributed by atoms with van der Waals surface area (Å²) < 4.78 is 0. The molecule has 0 bridgehead atoms. The van der Waals surface area contributed by atoms with Crippen molar-refractivity contribution >= 4 is 11.4 Å². The molecule has 0 saturated heterocycles. The normalized spacial score (nSPS) is 14.9. The minimum Gasteiger partial charge on any atom is -0.258 e. The van der Waals surface area contributed by atoms with E-state index in [1.807, 2.05) is 0 Å². The monoisotopic (exact) mass is 187 g/mol. The predicted molar refractivity (Wildman–Crippen MR) is 61.6 cm³/mol. The van der Waals surface area contributed by atoms with Crippen LogP contribution < -0.4 is 0 Å². The molecule has 0 amide bonds. The van der Waals surface area contributed by atoms with Gasteiger partial charge in [-0.05, 0) is 55.9 Å². The van der Waals surface area contributed by atoms with Gasteiger partial charge >= 0.3 is 0 Å². The Kier molecular flexibility index (Phi) is 2.40. The zero-order valence-corrected chi connectivity index (χ0v) is 9.22. The van der Waals surface area contributed by atoms with Crippen LogP contribution in [0, 0.1) is 13.8 Å². The second kappa shape index (κ2) is 3.56. The molecule has 1 aromatic rings. The number of nitrogens with zero attached hydrogens (tertiary/aromatic N) is 1. The van der Waals surface area contributed by atoms with Gasteiger partial charge in [0.2, 0.25) is 0 Å². The Bertz CT molecular complexity index is 388. The van der Waals surface area contributed by atoms with Crippen LogP contribution in [0.1, 0.15) is 36.5 Å². The number of aryl methyl sites for hydroxylation is 1. The average molecular weight is 187 g/mol. The Morgan fingerprint density at radius 3 is 2.71 bits per heavy atom. The maximum absolute atomic E-state index is 4.68. The fraction of sp³-hybridized carbons (Fsp3) is 0.462. The Morgan fingerprint density at radius 2 is 2.00 bits per heavy atom. The zero-order chi connectivity index (χ0) is 10.1. The van der Waals surface area contributed by atoms with Crippen LogP contribution in [0.2, 0.25) is 0 Å². The number of hydrogen-bond donors (Lipinski definition) is 0. The summed E-state index contributed by atoms with van der Waals surface area (Å²) in [6.45, 7) is 6.57. The van der Waals surface area contributed by atoms with Gasteiger partial charge < -0.3 is 0 Å². The summed E-state index contributed by atoms with van der Waals surface area (Å²) in [5.74, 6) is 0. The fourth-order valence-corrected chi connectivity index (χ4v) is 2.03. The van der Waals surface area contributed by atoms with Crippen molar-refractivity contribution in [2.45, 2.75) is 40.0 Å². The molecule has 14 heavy (non-hydrogen) atoms. The third kappa shape index (κ3) is 1.47. The molecule has 0 fully saturated rings. The van der Waals surface area contributed by atoms with Crippen molar-refractivity contribution in [3.63, 3.8) is 0 Å². The van der Waals surface area contributed by atoms with E-state index >= 15 is 0 Å². The van der Waals surface area contributed by atoms with Gasteiger partial charge in [-0.2, -0.15) is 0 Å². The molecule has 0 unspecified atom stereocenters. The summed E-state index contributed by atoms with van der Waals surface area (Å²) in [7, 11) is 0. The molecule has 0 radical (unpaired) electrons. The predicted octanol–water partition coefficient (Wildman–Crippen LogP) is 3.73. The summed E-state index contributed by atoms with van der Waals surface area (Å²) >= 11 is 0. The third-order valence-electron chi connectivity index (χ3n) is 3.19. The van der Waals surface area contributed by atoms with Crippen molar-refractivity contribution in [2.75, 3.05) is 0 Å². The average Bonchev–Trinajstić information content (AvgIpc) is 2.23. The molecular weight excluding hydrogens is 170 g/mol. The van der Waals surface area contributed by atoms with Crippen LogP contribution in [0.5, 0.6) is 0 Å². The lowest BCUT2D eigenvalue weighted by atomic mass is 9.94. The van der Waals surface area contributed by atoms with Crippen LogP contribution in [0.25, 0.3) is 0 Å². The lowest BCUT2D eigenvalue weighted by Gasteiger charge is -2.17. The lowest BCUT2D eigenvalue weighted by molar-refractivity contribution is 0.958. The molecule has 1 heterocycles. The summed E-state index contributed by atoms with van der Waals surface area (Å²) in [5.41, 5.74) is 6.83. The maximum atomic E-state index is 4.68. The second-order valence-electron chi connectivity index (χ2n) is 4.04. The first-order valence-electron chi connectivity index (χ1n) is 5.38. The molecule has 1 aromatic carbocycles. The van der Waals surface area contributed by atoms with Crippen LogP contribution >= 0.6 is 0 Å². The smallest absolute Gasteiger partial charge is 0.0663 e. The molecular formula is C13H17N. The standard InChI is InChI=1S/C13H17N/c1-4-11-6-7-12-10(3)9(2)5-8-13(12)14-11/h5,8H,4,6-7H2,1-3H3. The number of rotatable bonds is 1. The third-order valence-corrected chi connectivity index (χ3v) is 3.19. The Hall–Kier alpha value is -1.11. The van der Waals surface area contributed by atoms with Crippen molar-refractivity contribution in [1.82, 2.24) is 0 Å². The van der Waals surface area contributed by atoms with Gasteiger partial charge in [0.1, 0.15) is 0 Å². The Morgan fingerprint density at radius 1 is 1.21 bits per heavy atom. The minimum atomic E-state index is 1.09. The van der Waals surface area contributed by atoms with Gasteiger partial charge in [-0.1, -0.05) is 13.0 Å². The van der Waals surface area contributed by atoms with E-state index in [-0.39, 0.29) is 0 Å². The van der Waals surface area contributed by atoms with E-state index in [9.17, 15) is 0 Å². The van der Waals surface area contributed by atoms with Gasteiger partial charge in [0.05, 0.1) is 5.69 Å². The highest BCUT2D eigenvalue weighted by molar-refractivity contribution is 5.89. The molecule has 0 aliphatic carbocycles. The van der Waals surface area contributed by atoms with Crippen LogP contribution in [0.3, 0.4) is 0 Å². The quantitative estimate of drug-likeness (QED) is 0.635.